The minimum Gasteiger partial charge on any atom is -0.363 e. The van der Waals surface area contributed by atoms with Crippen molar-refractivity contribution in [3.8, 4) is 0 Å². The standard InChI is InChI=1S/C6H8N4O/c7-5(11)6-9-8-4-2-1-3-10(4)6/h1-3H2,(H2,7,11). The van der Waals surface area contributed by atoms with Gasteiger partial charge in [-0.2, -0.15) is 0 Å². The normalized spacial score (nSPS) is 14.9. The number of hydrogen-bond donors (Lipinski definition) is 1. The van der Waals surface area contributed by atoms with Gasteiger partial charge in [0.05, 0.1) is 0 Å². The lowest BCUT2D eigenvalue weighted by Gasteiger charge is -1.95. The van der Waals surface area contributed by atoms with E-state index in [1.165, 1.54) is 0 Å². The predicted octanol–water partition coefficient (Wildman–Crippen LogP) is -0.677. The van der Waals surface area contributed by atoms with E-state index in [0.29, 0.717) is 0 Å². The molecule has 0 fully saturated rings. The molecule has 0 aromatic carbocycles. The van der Waals surface area contributed by atoms with Crippen LogP contribution in [0.5, 0.6) is 0 Å². The van der Waals surface area contributed by atoms with E-state index in [0.717, 1.165) is 25.2 Å². The Morgan fingerprint density at radius 1 is 1.55 bits per heavy atom. The van der Waals surface area contributed by atoms with E-state index < -0.39 is 5.91 Å². The van der Waals surface area contributed by atoms with Crippen molar-refractivity contribution in [2.45, 2.75) is 19.4 Å². The lowest BCUT2D eigenvalue weighted by atomic mass is 10.4. The molecule has 2 rings (SSSR count). The predicted molar refractivity (Wildman–Crippen MR) is 36.9 cm³/mol. The van der Waals surface area contributed by atoms with E-state index in [2.05, 4.69) is 10.2 Å². The molecule has 2 N–H and O–H groups in total. The summed E-state index contributed by atoms with van der Waals surface area (Å²) in [4.78, 5) is 10.7. The first kappa shape index (κ1) is 6.33. The third kappa shape index (κ3) is 0.806. The van der Waals surface area contributed by atoms with Crippen molar-refractivity contribution >= 4 is 5.91 Å². The van der Waals surface area contributed by atoms with Crippen LogP contribution in [0.1, 0.15) is 22.9 Å². The molecule has 1 aliphatic rings. The fourth-order valence-electron chi connectivity index (χ4n) is 1.33. The molecule has 0 bridgehead atoms. The van der Waals surface area contributed by atoms with Crippen molar-refractivity contribution < 1.29 is 4.79 Å². The number of nitrogens with zero attached hydrogens (tertiary/aromatic N) is 3. The van der Waals surface area contributed by atoms with E-state index in [4.69, 9.17) is 5.73 Å². The summed E-state index contributed by atoms with van der Waals surface area (Å²) in [5, 5.41) is 7.51. The molecule has 1 amide bonds. The summed E-state index contributed by atoms with van der Waals surface area (Å²) in [6.45, 7) is 0.820. The van der Waals surface area contributed by atoms with Crippen LogP contribution in [-0.2, 0) is 13.0 Å². The zero-order chi connectivity index (χ0) is 7.84. The number of rotatable bonds is 1. The minimum atomic E-state index is -0.495. The van der Waals surface area contributed by atoms with Crippen LogP contribution < -0.4 is 5.73 Å². The highest BCUT2D eigenvalue weighted by molar-refractivity contribution is 5.89. The average molecular weight is 152 g/mol. The summed E-state index contributed by atoms with van der Waals surface area (Å²) in [5.74, 6) is 0.668. The molecule has 11 heavy (non-hydrogen) atoms. The van der Waals surface area contributed by atoms with Gasteiger partial charge in [-0.25, -0.2) is 0 Å². The maximum absolute atomic E-state index is 10.7. The number of nitrogens with two attached hydrogens (primary N) is 1. The van der Waals surface area contributed by atoms with Crippen molar-refractivity contribution in [3.63, 3.8) is 0 Å². The number of carbonyl (C=O) groups is 1. The Labute approximate surface area is 63.2 Å². The molecule has 0 radical (unpaired) electrons. The summed E-state index contributed by atoms with van der Waals surface area (Å²) >= 11 is 0. The maximum atomic E-state index is 10.7. The fraction of sp³-hybridized carbons (Fsp3) is 0.500. The second-order valence-corrected chi connectivity index (χ2v) is 2.56. The number of carbonyl (C=O) groups excluding carboxylic acids is 1. The van der Waals surface area contributed by atoms with Crippen LogP contribution >= 0.6 is 0 Å². The molecule has 0 saturated heterocycles. The second-order valence-electron chi connectivity index (χ2n) is 2.56. The van der Waals surface area contributed by atoms with Gasteiger partial charge in [0.2, 0.25) is 5.82 Å². The number of hydrogen-bond acceptors (Lipinski definition) is 3. The molecule has 1 aromatic rings. The van der Waals surface area contributed by atoms with Gasteiger partial charge >= 0.3 is 0 Å². The zero-order valence-corrected chi connectivity index (χ0v) is 5.95. The number of aromatic nitrogens is 3. The summed E-state index contributed by atoms with van der Waals surface area (Å²) in [6.07, 6.45) is 1.94. The number of amides is 1. The van der Waals surface area contributed by atoms with E-state index in [-0.39, 0.29) is 5.82 Å². The number of primary amides is 1. The molecule has 0 saturated carbocycles. The Hall–Kier alpha value is -1.39. The monoisotopic (exact) mass is 152 g/mol. The van der Waals surface area contributed by atoms with Gasteiger partial charge < -0.3 is 10.3 Å². The fourth-order valence-corrected chi connectivity index (χ4v) is 1.33. The first-order chi connectivity index (χ1) is 5.29. The van der Waals surface area contributed by atoms with Crippen molar-refractivity contribution in [3.05, 3.63) is 11.6 Å². The lowest BCUT2D eigenvalue weighted by Crippen LogP contribution is -2.17. The van der Waals surface area contributed by atoms with Crippen LogP contribution in [-0.4, -0.2) is 20.7 Å². The SMILES string of the molecule is NC(=O)c1nnc2n1CCC2. The Balaban J connectivity index is 2.50. The third-order valence-corrected chi connectivity index (χ3v) is 1.83. The Morgan fingerprint density at radius 3 is 3.09 bits per heavy atom. The smallest absolute Gasteiger partial charge is 0.286 e. The van der Waals surface area contributed by atoms with Gasteiger partial charge in [0.15, 0.2) is 0 Å². The van der Waals surface area contributed by atoms with E-state index in [1.54, 1.807) is 4.57 Å². The number of aryl methyl sites for hydroxylation is 1. The van der Waals surface area contributed by atoms with Gasteiger partial charge in [0, 0.05) is 13.0 Å². The highest BCUT2D eigenvalue weighted by Gasteiger charge is 2.19. The van der Waals surface area contributed by atoms with Gasteiger partial charge in [-0.1, -0.05) is 0 Å². The van der Waals surface area contributed by atoms with E-state index in [9.17, 15) is 4.79 Å². The van der Waals surface area contributed by atoms with Crippen molar-refractivity contribution in [1.82, 2.24) is 14.8 Å². The van der Waals surface area contributed by atoms with Crippen LogP contribution in [0.2, 0.25) is 0 Å². The topological polar surface area (TPSA) is 73.8 Å². The molecule has 1 aromatic heterocycles. The molecule has 58 valence electrons. The molecule has 0 atom stereocenters. The molecule has 5 nitrogen and oxygen atoms in total. The highest BCUT2D eigenvalue weighted by atomic mass is 16.1. The van der Waals surface area contributed by atoms with Crippen LogP contribution in [0.25, 0.3) is 0 Å². The Bertz CT molecular complexity index is 304. The van der Waals surface area contributed by atoms with E-state index in [1.807, 2.05) is 0 Å². The quantitative estimate of drug-likeness (QED) is 0.579. The van der Waals surface area contributed by atoms with Crippen LogP contribution in [0, 0.1) is 0 Å². The first-order valence-corrected chi connectivity index (χ1v) is 3.51. The average Bonchev–Trinajstić information content (AvgIpc) is 2.41. The van der Waals surface area contributed by atoms with Crippen molar-refractivity contribution in [2.75, 3.05) is 0 Å². The first-order valence-electron chi connectivity index (χ1n) is 3.51. The second kappa shape index (κ2) is 2.05. The third-order valence-electron chi connectivity index (χ3n) is 1.83. The molecule has 0 unspecified atom stereocenters. The van der Waals surface area contributed by atoms with Crippen molar-refractivity contribution in [2.24, 2.45) is 5.73 Å². The summed E-state index contributed by atoms with van der Waals surface area (Å²) < 4.78 is 1.78. The Morgan fingerprint density at radius 2 is 2.36 bits per heavy atom. The maximum Gasteiger partial charge on any atom is 0.286 e. The van der Waals surface area contributed by atoms with Crippen LogP contribution in [0.3, 0.4) is 0 Å². The number of fused-ring (bicyclic) bond motifs is 1. The molecule has 2 heterocycles. The molecule has 0 spiro atoms. The minimum absolute atomic E-state index is 0.289. The van der Waals surface area contributed by atoms with Gasteiger partial charge in [0.1, 0.15) is 5.82 Å². The van der Waals surface area contributed by atoms with Gasteiger partial charge in [0.25, 0.3) is 5.91 Å². The highest BCUT2D eigenvalue weighted by Crippen LogP contribution is 2.12. The Kier molecular flexibility index (Phi) is 1.18. The molecular weight excluding hydrogens is 144 g/mol. The summed E-state index contributed by atoms with van der Waals surface area (Å²) in [6, 6.07) is 0. The van der Waals surface area contributed by atoms with Crippen LogP contribution in [0.4, 0.5) is 0 Å². The van der Waals surface area contributed by atoms with Crippen LogP contribution in [0.15, 0.2) is 0 Å². The molecular formula is C6H8N4O. The van der Waals surface area contributed by atoms with Crippen molar-refractivity contribution in [1.29, 1.82) is 0 Å². The van der Waals surface area contributed by atoms with Gasteiger partial charge in [-0.05, 0) is 6.42 Å². The summed E-state index contributed by atoms with van der Waals surface area (Å²) in [7, 11) is 0. The van der Waals surface area contributed by atoms with Gasteiger partial charge in [-0.15, -0.1) is 10.2 Å². The largest absolute Gasteiger partial charge is 0.363 e. The zero-order valence-electron chi connectivity index (χ0n) is 5.95. The van der Waals surface area contributed by atoms with Gasteiger partial charge in [-0.3, -0.25) is 4.79 Å². The lowest BCUT2D eigenvalue weighted by molar-refractivity contribution is 0.0986. The molecule has 1 aliphatic heterocycles. The molecule has 5 heteroatoms. The van der Waals surface area contributed by atoms with E-state index >= 15 is 0 Å². The summed E-state index contributed by atoms with van der Waals surface area (Å²) in [5.41, 5.74) is 5.07. The molecule has 0 aliphatic carbocycles.